The number of rotatable bonds is 7. The van der Waals surface area contributed by atoms with Crippen LogP contribution in [0.4, 0.5) is 4.39 Å². The molecule has 1 atom stereocenters. The molecule has 0 spiro atoms. The van der Waals surface area contributed by atoms with Crippen LogP contribution in [-0.2, 0) is 6.42 Å². The molecule has 1 saturated heterocycles. The van der Waals surface area contributed by atoms with Crippen molar-refractivity contribution >= 4 is 22.2 Å². The second-order valence-corrected chi connectivity index (χ2v) is 10.4. The Morgan fingerprint density at radius 1 is 1.05 bits per heavy atom. The van der Waals surface area contributed by atoms with Crippen molar-refractivity contribution in [1.29, 1.82) is 0 Å². The van der Waals surface area contributed by atoms with Gasteiger partial charge in [-0.3, -0.25) is 9.29 Å². The van der Waals surface area contributed by atoms with E-state index >= 15 is 0 Å². The standard InChI is InChI=1S/C32H33FN2O3/c1-21-34-30-19-24(8-13-31(30)37-21)28-5-2-4-23-18-25(36)9-12-29(23)32(28)22-6-10-26(11-7-22)38-27-14-17-35(20-27)16-3-15-33/h6-13,18-19,27,36H,2-5,14-17,20H2,1H3/t27-/m0/s1. The lowest BCUT2D eigenvalue weighted by molar-refractivity contribution is 0.198. The molecule has 1 N–H and O–H groups in total. The predicted octanol–water partition coefficient (Wildman–Crippen LogP) is 6.95. The molecule has 6 heteroatoms. The van der Waals surface area contributed by atoms with Gasteiger partial charge in [-0.15, -0.1) is 0 Å². The van der Waals surface area contributed by atoms with Gasteiger partial charge in [0, 0.05) is 26.6 Å². The first-order valence-electron chi connectivity index (χ1n) is 13.6. The van der Waals surface area contributed by atoms with Crippen LogP contribution in [0.25, 0.3) is 22.2 Å². The number of alkyl halides is 1. The SMILES string of the molecule is Cc1nc2cc(C3=C(c4ccc(O[C@H]5CCN(CCCF)C5)cc4)c4ccc(O)cc4CCC3)ccc2o1. The van der Waals surface area contributed by atoms with Crippen LogP contribution >= 0.6 is 0 Å². The van der Waals surface area contributed by atoms with Gasteiger partial charge in [0.15, 0.2) is 11.5 Å². The number of fused-ring (bicyclic) bond motifs is 2. The average molecular weight is 513 g/mol. The predicted molar refractivity (Wildman–Crippen MR) is 148 cm³/mol. The third kappa shape index (κ3) is 5.05. The van der Waals surface area contributed by atoms with Crippen molar-refractivity contribution < 1.29 is 18.7 Å². The van der Waals surface area contributed by atoms with Gasteiger partial charge in [0.05, 0.1) is 6.67 Å². The summed E-state index contributed by atoms with van der Waals surface area (Å²) in [4.78, 5) is 6.85. The lowest BCUT2D eigenvalue weighted by Gasteiger charge is -2.18. The summed E-state index contributed by atoms with van der Waals surface area (Å²) >= 11 is 0. The molecule has 0 bridgehead atoms. The van der Waals surface area contributed by atoms with Crippen molar-refractivity contribution in [2.75, 3.05) is 26.3 Å². The summed E-state index contributed by atoms with van der Waals surface area (Å²) in [5.41, 5.74) is 8.68. The number of halogens is 1. The first-order valence-corrected chi connectivity index (χ1v) is 13.6. The topological polar surface area (TPSA) is 58.7 Å². The third-order valence-corrected chi connectivity index (χ3v) is 7.66. The molecule has 1 aliphatic heterocycles. The molecule has 2 heterocycles. The van der Waals surface area contributed by atoms with Crippen LogP contribution in [0.3, 0.4) is 0 Å². The lowest BCUT2D eigenvalue weighted by atomic mass is 9.87. The summed E-state index contributed by atoms with van der Waals surface area (Å²) in [6.07, 6.45) is 4.50. The van der Waals surface area contributed by atoms with E-state index in [1.165, 1.54) is 11.1 Å². The van der Waals surface area contributed by atoms with Crippen molar-refractivity contribution in [1.82, 2.24) is 9.88 Å². The highest BCUT2D eigenvalue weighted by atomic mass is 19.1. The number of allylic oxidation sites excluding steroid dienone is 1. The Balaban J connectivity index is 1.36. The number of hydrogen-bond acceptors (Lipinski definition) is 5. The summed E-state index contributed by atoms with van der Waals surface area (Å²) in [5.74, 6) is 1.82. The van der Waals surface area contributed by atoms with E-state index in [4.69, 9.17) is 9.15 Å². The maximum Gasteiger partial charge on any atom is 0.192 e. The Hall–Kier alpha value is -3.64. The minimum Gasteiger partial charge on any atom is -0.508 e. The Labute approximate surface area is 222 Å². The van der Waals surface area contributed by atoms with Crippen LogP contribution in [-0.4, -0.2) is 47.4 Å². The quantitative estimate of drug-likeness (QED) is 0.290. The van der Waals surface area contributed by atoms with E-state index in [1.807, 2.05) is 25.1 Å². The van der Waals surface area contributed by atoms with Crippen LogP contribution in [0.15, 0.2) is 65.1 Å². The summed E-state index contributed by atoms with van der Waals surface area (Å²) in [6, 6.07) is 20.4. The van der Waals surface area contributed by atoms with E-state index in [1.54, 1.807) is 6.07 Å². The largest absolute Gasteiger partial charge is 0.508 e. The molecule has 0 saturated carbocycles. The van der Waals surface area contributed by atoms with Crippen molar-refractivity contribution in [2.45, 2.75) is 45.1 Å². The fourth-order valence-electron chi connectivity index (χ4n) is 5.90. The molecular formula is C32H33FN2O3. The molecule has 196 valence electrons. The van der Waals surface area contributed by atoms with Crippen molar-refractivity contribution in [3.8, 4) is 11.5 Å². The highest BCUT2D eigenvalue weighted by molar-refractivity contribution is 6.01. The lowest BCUT2D eigenvalue weighted by Crippen LogP contribution is -2.26. The number of phenolic OH excluding ortho intramolecular Hbond substituents is 1. The van der Waals surface area contributed by atoms with Gasteiger partial charge in [-0.05, 0) is 102 Å². The minimum absolute atomic E-state index is 0.134. The number of phenols is 1. The van der Waals surface area contributed by atoms with E-state index in [0.717, 1.165) is 84.4 Å². The molecule has 1 aromatic heterocycles. The number of aromatic nitrogens is 1. The zero-order valence-corrected chi connectivity index (χ0v) is 21.8. The zero-order chi connectivity index (χ0) is 26.1. The summed E-state index contributed by atoms with van der Waals surface area (Å²) in [7, 11) is 0. The Kier molecular flexibility index (Phi) is 6.90. The van der Waals surface area contributed by atoms with E-state index in [-0.39, 0.29) is 12.8 Å². The van der Waals surface area contributed by atoms with Gasteiger partial charge >= 0.3 is 0 Å². The first kappa shape index (κ1) is 24.7. The maximum absolute atomic E-state index is 12.5. The Morgan fingerprint density at radius 3 is 2.74 bits per heavy atom. The zero-order valence-electron chi connectivity index (χ0n) is 21.8. The molecule has 0 unspecified atom stereocenters. The van der Waals surface area contributed by atoms with Crippen LogP contribution in [0, 0.1) is 6.92 Å². The molecular weight excluding hydrogens is 479 g/mol. The van der Waals surface area contributed by atoms with Crippen LogP contribution < -0.4 is 4.74 Å². The number of likely N-dealkylation sites (tertiary alicyclic amines) is 1. The molecule has 38 heavy (non-hydrogen) atoms. The molecule has 5 nitrogen and oxygen atoms in total. The summed E-state index contributed by atoms with van der Waals surface area (Å²) in [6.45, 7) is 4.20. The highest BCUT2D eigenvalue weighted by Crippen LogP contribution is 2.41. The number of oxazole rings is 1. The number of nitrogens with zero attached hydrogens (tertiary/aromatic N) is 2. The average Bonchev–Trinajstić information content (AvgIpc) is 3.47. The van der Waals surface area contributed by atoms with E-state index in [2.05, 4.69) is 46.3 Å². The fourth-order valence-corrected chi connectivity index (χ4v) is 5.90. The number of ether oxygens (including phenoxy) is 1. The maximum atomic E-state index is 12.5. The minimum atomic E-state index is -0.268. The van der Waals surface area contributed by atoms with Gasteiger partial charge in [-0.25, -0.2) is 4.98 Å². The normalized spacial score (nSPS) is 18.1. The molecule has 0 radical (unpaired) electrons. The van der Waals surface area contributed by atoms with Crippen LogP contribution in [0.1, 0.15) is 53.8 Å². The van der Waals surface area contributed by atoms with Crippen molar-refractivity contribution in [3.63, 3.8) is 0 Å². The van der Waals surface area contributed by atoms with Crippen molar-refractivity contribution in [2.24, 2.45) is 0 Å². The second-order valence-electron chi connectivity index (χ2n) is 10.4. The van der Waals surface area contributed by atoms with Gasteiger partial charge in [0.2, 0.25) is 0 Å². The third-order valence-electron chi connectivity index (χ3n) is 7.66. The van der Waals surface area contributed by atoms with Crippen LogP contribution in [0.2, 0.25) is 0 Å². The van der Waals surface area contributed by atoms with Gasteiger partial charge in [0.25, 0.3) is 0 Å². The number of benzene rings is 3. The molecule has 1 aliphatic carbocycles. The summed E-state index contributed by atoms with van der Waals surface area (Å²) < 4.78 is 24.6. The van der Waals surface area contributed by atoms with E-state index in [0.29, 0.717) is 18.1 Å². The van der Waals surface area contributed by atoms with E-state index < -0.39 is 0 Å². The molecule has 1 fully saturated rings. The van der Waals surface area contributed by atoms with Gasteiger partial charge in [-0.1, -0.05) is 24.3 Å². The molecule has 4 aromatic rings. The molecule has 0 amide bonds. The van der Waals surface area contributed by atoms with Gasteiger partial charge in [0.1, 0.15) is 23.1 Å². The highest BCUT2D eigenvalue weighted by Gasteiger charge is 2.24. The second kappa shape index (κ2) is 10.6. The summed E-state index contributed by atoms with van der Waals surface area (Å²) in [5, 5.41) is 10.2. The van der Waals surface area contributed by atoms with Crippen molar-refractivity contribution in [3.05, 3.63) is 88.8 Å². The molecule has 6 rings (SSSR count). The fraction of sp³-hybridized carbons (Fsp3) is 0.344. The Bertz CT molecular complexity index is 1470. The first-order chi connectivity index (χ1) is 18.6. The Morgan fingerprint density at radius 2 is 1.89 bits per heavy atom. The van der Waals surface area contributed by atoms with Gasteiger partial charge < -0.3 is 14.3 Å². The number of aromatic hydroxyl groups is 1. The molecule has 2 aliphatic rings. The van der Waals surface area contributed by atoms with Crippen LogP contribution in [0.5, 0.6) is 11.5 Å². The smallest absolute Gasteiger partial charge is 0.192 e. The number of aryl methyl sites for hydroxylation is 2. The number of hydrogen-bond donors (Lipinski definition) is 1. The van der Waals surface area contributed by atoms with E-state index in [9.17, 15) is 9.50 Å². The molecule has 3 aromatic carbocycles. The monoisotopic (exact) mass is 512 g/mol. The van der Waals surface area contributed by atoms with Gasteiger partial charge in [-0.2, -0.15) is 0 Å².